The zero-order chi connectivity index (χ0) is 11.4. The largest absolute Gasteiger partial charge is 0.439 e. The zero-order valence-corrected chi connectivity index (χ0v) is 9.00. The van der Waals surface area contributed by atoms with E-state index in [0.29, 0.717) is 19.5 Å². The van der Waals surface area contributed by atoms with E-state index in [-0.39, 0.29) is 18.8 Å². The number of nitrogens with zero attached hydrogens (tertiary/aromatic N) is 1. The predicted octanol–water partition coefficient (Wildman–Crippen LogP) is 1.56. The number of aliphatic hydroxyl groups is 1. The number of benzene rings is 1. The normalized spacial score (nSPS) is 19.9. The van der Waals surface area contributed by atoms with Crippen LogP contribution in [-0.4, -0.2) is 35.8 Å². The summed E-state index contributed by atoms with van der Waals surface area (Å²) in [5.41, 5.74) is 1.02. The summed E-state index contributed by atoms with van der Waals surface area (Å²) in [5, 5.41) is 8.72. The van der Waals surface area contributed by atoms with Crippen molar-refractivity contribution < 1.29 is 14.6 Å². The number of aliphatic hydroxyl groups excluding tert-OH is 1. The molecule has 1 amide bonds. The van der Waals surface area contributed by atoms with E-state index in [1.54, 1.807) is 4.90 Å². The number of ether oxygens (including phenoxy) is 1. The second kappa shape index (κ2) is 4.99. The van der Waals surface area contributed by atoms with Crippen LogP contribution in [0.5, 0.6) is 0 Å². The first-order chi connectivity index (χ1) is 7.81. The van der Waals surface area contributed by atoms with Crippen LogP contribution in [0.2, 0.25) is 0 Å². The third kappa shape index (κ3) is 2.33. The molecule has 0 spiro atoms. The molecule has 1 aliphatic rings. The maximum Gasteiger partial charge on any atom is 0.410 e. The summed E-state index contributed by atoms with van der Waals surface area (Å²) in [7, 11) is 0. The second-order valence-electron chi connectivity index (χ2n) is 3.81. The van der Waals surface area contributed by atoms with Crippen LogP contribution in [0.15, 0.2) is 30.3 Å². The van der Waals surface area contributed by atoms with E-state index in [2.05, 4.69) is 0 Å². The molecule has 0 saturated carbocycles. The number of rotatable bonds is 4. The standard InChI is InChI=1S/C12H15NO3/c14-8-4-7-13-9-11(16-12(13)15)10-5-2-1-3-6-10/h1-3,5-6,11,14H,4,7-9H2. The number of hydrogen-bond donors (Lipinski definition) is 1. The summed E-state index contributed by atoms with van der Waals surface area (Å²) < 4.78 is 5.26. The molecule has 1 aromatic rings. The van der Waals surface area contributed by atoms with Gasteiger partial charge in [0.1, 0.15) is 6.10 Å². The molecule has 4 nitrogen and oxygen atoms in total. The molecule has 86 valence electrons. The van der Waals surface area contributed by atoms with Crippen molar-refractivity contribution in [3.8, 4) is 0 Å². The average molecular weight is 221 g/mol. The van der Waals surface area contributed by atoms with Crippen LogP contribution in [0.4, 0.5) is 4.79 Å². The van der Waals surface area contributed by atoms with Crippen molar-refractivity contribution in [1.82, 2.24) is 4.90 Å². The molecule has 1 fully saturated rings. The lowest BCUT2D eigenvalue weighted by Crippen LogP contribution is -2.26. The topological polar surface area (TPSA) is 49.8 Å². The minimum Gasteiger partial charge on any atom is -0.439 e. The number of amides is 1. The molecule has 1 heterocycles. The fourth-order valence-corrected chi connectivity index (χ4v) is 1.79. The summed E-state index contributed by atoms with van der Waals surface area (Å²) in [4.78, 5) is 13.1. The highest BCUT2D eigenvalue weighted by Gasteiger charge is 2.31. The monoisotopic (exact) mass is 221 g/mol. The van der Waals surface area contributed by atoms with E-state index in [1.807, 2.05) is 30.3 Å². The Labute approximate surface area is 94.4 Å². The number of carbonyl (C=O) groups is 1. The van der Waals surface area contributed by atoms with Gasteiger partial charge in [0, 0.05) is 13.2 Å². The molecular weight excluding hydrogens is 206 g/mol. The van der Waals surface area contributed by atoms with Crippen LogP contribution in [0.25, 0.3) is 0 Å². The molecule has 1 saturated heterocycles. The minimum absolute atomic E-state index is 0.0970. The first-order valence-electron chi connectivity index (χ1n) is 5.42. The Kier molecular flexibility index (Phi) is 3.41. The highest BCUT2D eigenvalue weighted by atomic mass is 16.6. The van der Waals surface area contributed by atoms with Crippen molar-refractivity contribution in [3.05, 3.63) is 35.9 Å². The molecule has 16 heavy (non-hydrogen) atoms. The lowest BCUT2D eigenvalue weighted by atomic mass is 10.1. The number of hydrogen-bond acceptors (Lipinski definition) is 3. The summed E-state index contributed by atoms with van der Waals surface area (Å²) in [5.74, 6) is 0. The lowest BCUT2D eigenvalue weighted by Gasteiger charge is -2.11. The molecule has 0 radical (unpaired) electrons. The molecule has 1 unspecified atom stereocenters. The maximum atomic E-state index is 11.5. The van der Waals surface area contributed by atoms with Crippen molar-refractivity contribution in [2.24, 2.45) is 0 Å². The van der Waals surface area contributed by atoms with E-state index >= 15 is 0 Å². The SMILES string of the molecule is O=C1OC(c2ccccc2)CN1CCCO. The Balaban J connectivity index is 1.98. The first-order valence-corrected chi connectivity index (χ1v) is 5.42. The first kappa shape index (κ1) is 11.0. The van der Waals surface area contributed by atoms with Gasteiger partial charge in [-0.3, -0.25) is 0 Å². The van der Waals surface area contributed by atoms with Gasteiger partial charge in [0.15, 0.2) is 0 Å². The van der Waals surface area contributed by atoms with Gasteiger partial charge in [-0.25, -0.2) is 4.79 Å². The van der Waals surface area contributed by atoms with Crippen molar-refractivity contribution in [2.75, 3.05) is 19.7 Å². The van der Waals surface area contributed by atoms with Gasteiger partial charge in [-0.1, -0.05) is 30.3 Å². The fourth-order valence-electron chi connectivity index (χ4n) is 1.79. The molecule has 4 heteroatoms. The smallest absolute Gasteiger partial charge is 0.410 e. The number of carbonyl (C=O) groups excluding carboxylic acids is 1. The third-order valence-electron chi connectivity index (χ3n) is 2.64. The van der Waals surface area contributed by atoms with E-state index < -0.39 is 0 Å². The van der Waals surface area contributed by atoms with E-state index in [9.17, 15) is 4.79 Å². The highest BCUT2D eigenvalue weighted by molar-refractivity contribution is 5.70. The van der Waals surface area contributed by atoms with Gasteiger partial charge in [0.25, 0.3) is 0 Å². The van der Waals surface area contributed by atoms with Crippen LogP contribution < -0.4 is 0 Å². The summed E-state index contributed by atoms with van der Waals surface area (Å²) >= 11 is 0. The van der Waals surface area contributed by atoms with Gasteiger partial charge in [-0.2, -0.15) is 0 Å². The zero-order valence-electron chi connectivity index (χ0n) is 9.00. The van der Waals surface area contributed by atoms with Gasteiger partial charge in [0.05, 0.1) is 6.54 Å². The molecule has 0 aromatic heterocycles. The van der Waals surface area contributed by atoms with Gasteiger partial charge in [0.2, 0.25) is 0 Å². The molecule has 1 atom stereocenters. The third-order valence-corrected chi connectivity index (χ3v) is 2.64. The van der Waals surface area contributed by atoms with Crippen LogP contribution in [0.3, 0.4) is 0 Å². The minimum atomic E-state index is -0.290. The molecule has 0 aliphatic carbocycles. The van der Waals surface area contributed by atoms with E-state index in [1.165, 1.54) is 0 Å². The molecular formula is C12H15NO3. The quantitative estimate of drug-likeness (QED) is 0.839. The van der Waals surface area contributed by atoms with Crippen LogP contribution >= 0.6 is 0 Å². The number of cyclic esters (lactones) is 1. The van der Waals surface area contributed by atoms with Crippen LogP contribution in [0.1, 0.15) is 18.1 Å². The van der Waals surface area contributed by atoms with Gasteiger partial charge >= 0.3 is 6.09 Å². The molecule has 2 rings (SSSR count). The Morgan fingerprint density at radius 1 is 1.38 bits per heavy atom. The summed E-state index contributed by atoms with van der Waals surface area (Å²) in [6, 6.07) is 9.70. The van der Waals surface area contributed by atoms with Gasteiger partial charge < -0.3 is 14.7 Å². The van der Waals surface area contributed by atoms with Crippen LogP contribution in [-0.2, 0) is 4.74 Å². The van der Waals surface area contributed by atoms with Crippen LogP contribution in [0, 0.1) is 0 Å². The van der Waals surface area contributed by atoms with Crippen molar-refractivity contribution >= 4 is 6.09 Å². The molecule has 1 aromatic carbocycles. The Bertz CT molecular complexity index is 353. The van der Waals surface area contributed by atoms with Gasteiger partial charge in [-0.05, 0) is 12.0 Å². The van der Waals surface area contributed by atoms with Crippen molar-refractivity contribution in [1.29, 1.82) is 0 Å². The lowest BCUT2D eigenvalue weighted by molar-refractivity contribution is 0.132. The van der Waals surface area contributed by atoms with E-state index in [0.717, 1.165) is 5.56 Å². The van der Waals surface area contributed by atoms with Gasteiger partial charge in [-0.15, -0.1) is 0 Å². The fraction of sp³-hybridized carbons (Fsp3) is 0.417. The summed E-state index contributed by atoms with van der Waals surface area (Å²) in [6.45, 7) is 1.22. The predicted molar refractivity (Wildman–Crippen MR) is 58.9 cm³/mol. The Morgan fingerprint density at radius 3 is 2.81 bits per heavy atom. The Hall–Kier alpha value is -1.55. The molecule has 1 aliphatic heterocycles. The van der Waals surface area contributed by atoms with Crippen molar-refractivity contribution in [3.63, 3.8) is 0 Å². The summed E-state index contributed by atoms with van der Waals surface area (Å²) in [6.07, 6.45) is 0.131. The maximum absolute atomic E-state index is 11.5. The Morgan fingerprint density at radius 2 is 2.12 bits per heavy atom. The van der Waals surface area contributed by atoms with Crippen molar-refractivity contribution in [2.45, 2.75) is 12.5 Å². The van der Waals surface area contributed by atoms with E-state index in [4.69, 9.17) is 9.84 Å². The molecule has 1 N–H and O–H groups in total. The molecule has 0 bridgehead atoms. The second-order valence-corrected chi connectivity index (χ2v) is 3.81. The highest BCUT2D eigenvalue weighted by Crippen LogP contribution is 2.25. The average Bonchev–Trinajstić information content (AvgIpc) is 2.69.